The molecule has 0 radical (unpaired) electrons. The fourth-order valence-corrected chi connectivity index (χ4v) is 3.03. The highest BCUT2D eigenvalue weighted by Gasteiger charge is 2.10. The van der Waals surface area contributed by atoms with Crippen molar-refractivity contribution in [3.8, 4) is 5.75 Å². The van der Waals surface area contributed by atoms with Crippen LogP contribution in [-0.2, 0) is 6.54 Å². The Balaban J connectivity index is 2.27. The first-order chi connectivity index (χ1) is 9.63. The van der Waals surface area contributed by atoms with Crippen LogP contribution >= 0.6 is 24.0 Å². The predicted molar refractivity (Wildman–Crippen MR) is 90.5 cm³/mol. The lowest BCUT2D eigenvalue weighted by Gasteiger charge is -2.10. The highest BCUT2D eigenvalue weighted by Crippen LogP contribution is 2.26. The SMILES string of the molecule is CSCCCCn1c(=S)[nH]c2c(OC(C)C)cccc21. The summed E-state index contributed by atoms with van der Waals surface area (Å²) in [6, 6.07) is 6.12. The van der Waals surface area contributed by atoms with E-state index in [1.54, 1.807) is 0 Å². The number of nitrogens with one attached hydrogen (secondary N) is 1. The van der Waals surface area contributed by atoms with Gasteiger partial charge in [-0.2, -0.15) is 11.8 Å². The first-order valence-corrected chi connectivity index (χ1v) is 8.81. The number of nitrogens with zero attached hydrogens (tertiary/aromatic N) is 1. The van der Waals surface area contributed by atoms with Crippen molar-refractivity contribution < 1.29 is 4.74 Å². The van der Waals surface area contributed by atoms with Gasteiger partial charge in [0.2, 0.25) is 0 Å². The molecule has 0 aliphatic rings. The largest absolute Gasteiger partial charge is 0.489 e. The number of imidazole rings is 1. The van der Waals surface area contributed by atoms with Crippen molar-refractivity contribution in [2.75, 3.05) is 12.0 Å². The smallest absolute Gasteiger partial charge is 0.178 e. The van der Waals surface area contributed by atoms with Crippen molar-refractivity contribution in [1.82, 2.24) is 9.55 Å². The molecule has 5 heteroatoms. The molecule has 0 fully saturated rings. The van der Waals surface area contributed by atoms with Crippen LogP contribution in [0, 0.1) is 4.77 Å². The Bertz CT molecular complexity index is 616. The Morgan fingerprint density at radius 2 is 2.15 bits per heavy atom. The molecule has 0 saturated carbocycles. The Labute approximate surface area is 129 Å². The minimum atomic E-state index is 0.160. The maximum absolute atomic E-state index is 5.84. The molecule has 0 unspecified atom stereocenters. The van der Waals surface area contributed by atoms with E-state index in [1.165, 1.54) is 12.2 Å². The van der Waals surface area contributed by atoms with Gasteiger partial charge in [0.1, 0.15) is 11.3 Å². The van der Waals surface area contributed by atoms with Gasteiger partial charge in [-0.3, -0.25) is 0 Å². The van der Waals surface area contributed by atoms with E-state index in [1.807, 2.05) is 37.7 Å². The van der Waals surface area contributed by atoms with Crippen LogP contribution in [0.1, 0.15) is 26.7 Å². The Morgan fingerprint density at radius 3 is 2.85 bits per heavy atom. The fraction of sp³-hybridized carbons (Fsp3) is 0.533. The molecule has 0 aliphatic carbocycles. The van der Waals surface area contributed by atoms with Gasteiger partial charge in [0.25, 0.3) is 0 Å². The van der Waals surface area contributed by atoms with Gasteiger partial charge in [0, 0.05) is 6.54 Å². The molecule has 1 heterocycles. The molecular weight excluding hydrogens is 288 g/mol. The Morgan fingerprint density at radius 1 is 1.35 bits per heavy atom. The quantitative estimate of drug-likeness (QED) is 0.597. The van der Waals surface area contributed by atoms with E-state index >= 15 is 0 Å². The molecule has 110 valence electrons. The molecule has 0 bridgehead atoms. The number of unbranched alkanes of at least 4 members (excludes halogenated alkanes) is 1. The van der Waals surface area contributed by atoms with Gasteiger partial charge >= 0.3 is 0 Å². The lowest BCUT2D eigenvalue weighted by molar-refractivity contribution is 0.245. The van der Waals surface area contributed by atoms with Crippen LogP contribution < -0.4 is 4.74 Å². The fourth-order valence-electron chi connectivity index (χ4n) is 2.24. The average Bonchev–Trinajstić information content (AvgIpc) is 2.72. The van der Waals surface area contributed by atoms with Gasteiger partial charge in [-0.1, -0.05) is 6.07 Å². The second-order valence-electron chi connectivity index (χ2n) is 5.10. The van der Waals surface area contributed by atoms with E-state index in [-0.39, 0.29) is 6.10 Å². The number of aromatic nitrogens is 2. The number of fused-ring (bicyclic) bond motifs is 1. The molecule has 0 atom stereocenters. The maximum Gasteiger partial charge on any atom is 0.178 e. The van der Waals surface area contributed by atoms with Crippen LogP contribution in [0.5, 0.6) is 5.75 Å². The Hall–Kier alpha value is -0.940. The summed E-state index contributed by atoms with van der Waals surface area (Å²) in [5.41, 5.74) is 2.15. The first kappa shape index (κ1) is 15.4. The van der Waals surface area contributed by atoms with Crippen molar-refractivity contribution in [3.05, 3.63) is 23.0 Å². The minimum absolute atomic E-state index is 0.160. The summed E-state index contributed by atoms with van der Waals surface area (Å²) >= 11 is 7.34. The lowest BCUT2D eigenvalue weighted by atomic mass is 10.2. The number of benzene rings is 1. The van der Waals surface area contributed by atoms with Gasteiger partial charge < -0.3 is 14.3 Å². The zero-order valence-electron chi connectivity index (χ0n) is 12.3. The van der Waals surface area contributed by atoms with Crippen molar-refractivity contribution >= 4 is 35.0 Å². The number of ether oxygens (including phenoxy) is 1. The monoisotopic (exact) mass is 310 g/mol. The summed E-state index contributed by atoms with van der Waals surface area (Å²) < 4.78 is 8.80. The topological polar surface area (TPSA) is 29.9 Å². The lowest BCUT2D eigenvalue weighted by Crippen LogP contribution is -2.05. The summed E-state index contributed by atoms with van der Waals surface area (Å²) in [6.45, 7) is 5.03. The molecule has 2 aromatic rings. The summed E-state index contributed by atoms with van der Waals surface area (Å²) in [7, 11) is 0. The number of aryl methyl sites for hydroxylation is 1. The second-order valence-corrected chi connectivity index (χ2v) is 6.47. The molecular formula is C15H22N2OS2. The van der Waals surface area contributed by atoms with Gasteiger partial charge in [0.05, 0.1) is 11.6 Å². The number of rotatable bonds is 7. The van der Waals surface area contributed by atoms with E-state index in [2.05, 4.69) is 21.9 Å². The first-order valence-electron chi connectivity index (χ1n) is 7.00. The highest BCUT2D eigenvalue weighted by molar-refractivity contribution is 7.98. The molecule has 1 aromatic carbocycles. The zero-order valence-corrected chi connectivity index (χ0v) is 13.9. The minimum Gasteiger partial charge on any atom is -0.489 e. The van der Waals surface area contributed by atoms with Crippen LogP contribution in [-0.4, -0.2) is 27.7 Å². The maximum atomic E-state index is 5.84. The Kier molecular flexibility index (Phi) is 5.54. The number of H-pyrrole nitrogens is 1. The van der Waals surface area contributed by atoms with Gasteiger partial charge in [-0.25, -0.2) is 0 Å². The zero-order chi connectivity index (χ0) is 14.5. The number of thioether (sulfide) groups is 1. The standard InChI is InChI=1S/C15H22N2OS2/c1-11(2)18-13-8-6-7-12-14(13)16-15(19)17(12)9-4-5-10-20-3/h6-8,11H,4-5,9-10H2,1-3H3,(H,16,19). The van der Waals surface area contributed by atoms with Crippen molar-refractivity contribution in [2.45, 2.75) is 39.3 Å². The molecule has 20 heavy (non-hydrogen) atoms. The number of aromatic amines is 1. The van der Waals surface area contributed by atoms with E-state index in [0.717, 1.165) is 34.5 Å². The normalized spacial score (nSPS) is 11.4. The second kappa shape index (κ2) is 7.18. The predicted octanol–water partition coefficient (Wildman–Crippen LogP) is 4.63. The van der Waals surface area contributed by atoms with Crippen molar-refractivity contribution in [2.24, 2.45) is 0 Å². The number of hydrogen-bond donors (Lipinski definition) is 1. The number of para-hydroxylation sites is 1. The summed E-state index contributed by atoms with van der Waals surface area (Å²) in [5.74, 6) is 2.09. The summed E-state index contributed by atoms with van der Waals surface area (Å²) in [4.78, 5) is 3.29. The summed E-state index contributed by atoms with van der Waals surface area (Å²) in [6.07, 6.45) is 4.68. The molecule has 0 amide bonds. The van der Waals surface area contributed by atoms with Crippen molar-refractivity contribution in [1.29, 1.82) is 0 Å². The van der Waals surface area contributed by atoms with E-state index in [9.17, 15) is 0 Å². The third-order valence-corrected chi connectivity index (χ3v) is 4.13. The van der Waals surface area contributed by atoms with E-state index < -0.39 is 0 Å². The van der Waals surface area contributed by atoms with Crippen LogP contribution in [0.25, 0.3) is 11.0 Å². The van der Waals surface area contributed by atoms with E-state index in [4.69, 9.17) is 17.0 Å². The molecule has 0 aliphatic heterocycles. The van der Waals surface area contributed by atoms with Gasteiger partial charge in [-0.05, 0) is 63.0 Å². The van der Waals surface area contributed by atoms with E-state index in [0.29, 0.717) is 0 Å². The summed E-state index contributed by atoms with van der Waals surface area (Å²) in [5, 5.41) is 0. The average molecular weight is 310 g/mol. The molecule has 1 N–H and O–H groups in total. The third-order valence-electron chi connectivity index (χ3n) is 3.11. The van der Waals surface area contributed by atoms with Crippen LogP contribution in [0.4, 0.5) is 0 Å². The molecule has 0 spiro atoms. The molecule has 3 nitrogen and oxygen atoms in total. The van der Waals surface area contributed by atoms with Crippen LogP contribution in [0.2, 0.25) is 0 Å². The van der Waals surface area contributed by atoms with Gasteiger partial charge in [-0.15, -0.1) is 0 Å². The third kappa shape index (κ3) is 3.58. The van der Waals surface area contributed by atoms with Crippen LogP contribution in [0.15, 0.2) is 18.2 Å². The molecule has 0 saturated heterocycles. The molecule has 2 rings (SSSR count). The van der Waals surface area contributed by atoms with Crippen LogP contribution in [0.3, 0.4) is 0 Å². The molecule has 1 aromatic heterocycles. The highest BCUT2D eigenvalue weighted by atomic mass is 32.2. The number of hydrogen-bond acceptors (Lipinski definition) is 3. The van der Waals surface area contributed by atoms with Gasteiger partial charge in [0.15, 0.2) is 4.77 Å². The van der Waals surface area contributed by atoms with Crippen molar-refractivity contribution in [3.63, 3.8) is 0 Å².